The third kappa shape index (κ3) is 4.22. The average Bonchev–Trinajstić information content (AvgIpc) is 3.19. The molecule has 0 saturated heterocycles. The van der Waals surface area contributed by atoms with Crippen LogP contribution >= 0.6 is 11.6 Å². The summed E-state index contributed by atoms with van der Waals surface area (Å²) in [5.41, 5.74) is 6.42. The Morgan fingerprint density at radius 1 is 1.25 bits per heavy atom. The van der Waals surface area contributed by atoms with Crippen molar-refractivity contribution >= 4 is 17.5 Å². The number of hydrogen-bond donors (Lipinski definition) is 2. The summed E-state index contributed by atoms with van der Waals surface area (Å²) in [6, 6.07) is 7.80. The molecular weight excluding hydrogens is 272 g/mol. The monoisotopic (exact) mass is 294 g/mol. The van der Waals surface area contributed by atoms with E-state index in [2.05, 4.69) is 5.32 Å². The van der Waals surface area contributed by atoms with Crippen molar-refractivity contribution in [3.8, 4) is 0 Å². The van der Waals surface area contributed by atoms with E-state index in [4.69, 9.17) is 17.3 Å². The number of amides is 1. The molecule has 1 aliphatic carbocycles. The molecular formula is C16H23ClN2O. The molecule has 0 aromatic heterocycles. The molecule has 3 nitrogen and oxygen atoms in total. The Balaban J connectivity index is 1.79. The first-order valence-corrected chi connectivity index (χ1v) is 7.81. The van der Waals surface area contributed by atoms with Crippen LogP contribution in [-0.2, 0) is 10.3 Å². The molecule has 1 aromatic carbocycles. The SMILES string of the molecule is NCCCCCCC(=O)NC1(c2cccc(Cl)c2)CC1. The summed E-state index contributed by atoms with van der Waals surface area (Å²) in [5, 5.41) is 3.91. The highest BCUT2D eigenvalue weighted by molar-refractivity contribution is 6.30. The maximum Gasteiger partial charge on any atom is 0.220 e. The molecule has 0 aliphatic heterocycles. The molecule has 0 spiro atoms. The van der Waals surface area contributed by atoms with Gasteiger partial charge < -0.3 is 11.1 Å². The minimum atomic E-state index is -0.154. The second-order valence-electron chi connectivity index (χ2n) is 5.59. The van der Waals surface area contributed by atoms with Crippen molar-refractivity contribution in [3.05, 3.63) is 34.9 Å². The lowest BCUT2D eigenvalue weighted by Gasteiger charge is -2.18. The second-order valence-corrected chi connectivity index (χ2v) is 6.03. The van der Waals surface area contributed by atoms with Crippen molar-refractivity contribution in [3.63, 3.8) is 0 Å². The maximum absolute atomic E-state index is 12.0. The van der Waals surface area contributed by atoms with Crippen molar-refractivity contribution in [2.45, 2.75) is 50.5 Å². The highest BCUT2D eigenvalue weighted by atomic mass is 35.5. The van der Waals surface area contributed by atoms with Crippen LogP contribution in [0.25, 0.3) is 0 Å². The minimum Gasteiger partial charge on any atom is -0.347 e. The normalized spacial score (nSPS) is 15.9. The fourth-order valence-corrected chi connectivity index (χ4v) is 2.70. The third-order valence-corrected chi connectivity index (χ3v) is 4.10. The van der Waals surface area contributed by atoms with E-state index in [-0.39, 0.29) is 11.4 Å². The van der Waals surface area contributed by atoms with Crippen LogP contribution in [0, 0.1) is 0 Å². The fourth-order valence-electron chi connectivity index (χ4n) is 2.51. The molecule has 4 heteroatoms. The molecule has 0 radical (unpaired) electrons. The van der Waals surface area contributed by atoms with Crippen LogP contribution in [-0.4, -0.2) is 12.5 Å². The van der Waals surface area contributed by atoms with Gasteiger partial charge in [0, 0.05) is 11.4 Å². The third-order valence-electron chi connectivity index (χ3n) is 3.86. The van der Waals surface area contributed by atoms with E-state index < -0.39 is 0 Å². The standard InChI is InChI=1S/C16H23ClN2O/c17-14-7-5-6-13(12-14)16(9-10-16)19-15(20)8-3-1-2-4-11-18/h5-7,12H,1-4,8-11,18H2,(H,19,20). The summed E-state index contributed by atoms with van der Waals surface area (Å²) in [6.07, 6.45) is 6.80. The molecule has 110 valence electrons. The number of halogens is 1. The van der Waals surface area contributed by atoms with Crippen molar-refractivity contribution < 1.29 is 4.79 Å². The molecule has 0 heterocycles. The van der Waals surface area contributed by atoms with Gasteiger partial charge in [-0.25, -0.2) is 0 Å². The smallest absolute Gasteiger partial charge is 0.220 e. The highest BCUT2D eigenvalue weighted by Crippen LogP contribution is 2.46. The Hall–Kier alpha value is -1.06. The molecule has 3 N–H and O–H groups in total. The van der Waals surface area contributed by atoms with E-state index in [0.717, 1.165) is 55.7 Å². The lowest BCUT2D eigenvalue weighted by molar-refractivity contribution is -0.122. The van der Waals surface area contributed by atoms with Gasteiger partial charge in [-0.2, -0.15) is 0 Å². The van der Waals surface area contributed by atoms with Crippen LogP contribution < -0.4 is 11.1 Å². The number of nitrogens with two attached hydrogens (primary N) is 1. The van der Waals surface area contributed by atoms with Crippen molar-refractivity contribution in [1.29, 1.82) is 0 Å². The van der Waals surface area contributed by atoms with E-state index in [9.17, 15) is 4.79 Å². The summed E-state index contributed by atoms with van der Waals surface area (Å²) < 4.78 is 0. The van der Waals surface area contributed by atoms with Crippen LogP contribution in [0.15, 0.2) is 24.3 Å². The van der Waals surface area contributed by atoms with Crippen molar-refractivity contribution in [1.82, 2.24) is 5.32 Å². The quantitative estimate of drug-likeness (QED) is 0.722. The first-order chi connectivity index (χ1) is 9.66. The lowest BCUT2D eigenvalue weighted by atomic mass is 10.0. The molecule has 20 heavy (non-hydrogen) atoms. The number of unbranched alkanes of at least 4 members (excludes halogenated alkanes) is 3. The van der Waals surface area contributed by atoms with Crippen LogP contribution in [0.3, 0.4) is 0 Å². The predicted molar refractivity (Wildman–Crippen MR) is 82.6 cm³/mol. The van der Waals surface area contributed by atoms with Crippen LogP contribution in [0.1, 0.15) is 50.5 Å². The average molecular weight is 295 g/mol. The lowest BCUT2D eigenvalue weighted by Crippen LogP contribution is -2.34. The van der Waals surface area contributed by atoms with E-state index in [0.29, 0.717) is 6.42 Å². The minimum absolute atomic E-state index is 0.148. The van der Waals surface area contributed by atoms with Gasteiger partial charge in [-0.05, 0) is 49.9 Å². The van der Waals surface area contributed by atoms with Gasteiger partial charge in [-0.1, -0.05) is 36.6 Å². The van der Waals surface area contributed by atoms with Gasteiger partial charge in [0.2, 0.25) is 5.91 Å². The number of carbonyl (C=O) groups is 1. The number of carbonyl (C=O) groups excluding carboxylic acids is 1. The summed E-state index contributed by atoms with van der Waals surface area (Å²) in [5.74, 6) is 0.148. The van der Waals surface area contributed by atoms with Crippen molar-refractivity contribution in [2.75, 3.05) is 6.54 Å². The van der Waals surface area contributed by atoms with Crippen LogP contribution in [0.2, 0.25) is 5.02 Å². The Bertz CT molecular complexity index is 458. The number of hydrogen-bond acceptors (Lipinski definition) is 2. The molecule has 1 saturated carbocycles. The largest absolute Gasteiger partial charge is 0.347 e. The summed E-state index contributed by atoms with van der Waals surface area (Å²) in [7, 11) is 0. The Morgan fingerprint density at radius 3 is 2.65 bits per heavy atom. The summed E-state index contributed by atoms with van der Waals surface area (Å²) >= 11 is 6.02. The molecule has 1 amide bonds. The first kappa shape index (κ1) is 15.3. The second kappa shape index (κ2) is 7.09. The first-order valence-electron chi connectivity index (χ1n) is 7.43. The zero-order valence-corrected chi connectivity index (χ0v) is 12.6. The molecule has 0 unspecified atom stereocenters. The Labute approximate surface area is 125 Å². The highest BCUT2D eigenvalue weighted by Gasteiger charge is 2.45. The fraction of sp³-hybridized carbons (Fsp3) is 0.562. The number of nitrogens with one attached hydrogen (secondary N) is 1. The number of rotatable bonds is 8. The van der Waals surface area contributed by atoms with E-state index in [1.807, 2.05) is 24.3 Å². The van der Waals surface area contributed by atoms with E-state index in [1.54, 1.807) is 0 Å². The van der Waals surface area contributed by atoms with Gasteiger partial charge in [-0.15, -0.1) is 0 Å². The molecule has 1 aliphatic rings. The molecule has 2 rings (SSSR count). The topological polar surface area (TPSA) is 55.1 Å². The van der Waals surface area contributed by atoms with Crippen molar-refractivity contribution in [2.24, 2.45) is 5.73 Å². The zero-order valence-electron chi connectivity index (χ0n) is 11.8. The summed E-state index contributed by atoms with van der Waals surface area (Å²) in [6.45, 7) is 0.740. The van der Waals surface area contributed by atoms with E-state index >= 15 is 0 Å². The van der Waals surface area contributed by atoms with Gasteiger partial charge in [0.1, 0.15) is 0 Å². The van der Waals surface area contributed by atoms with E-state index in [1.165, 1.54) is 0 Å². The molecule has 1 fully saturated rings. The Morgan fingerprint density at radius 2 is 2.00 bits per heavy atom. The van der Waals surface area contributed by atoms with Gasteiger partial charge in [0.25, 0.3) is 0 Å². The number of benzene rings is 1. The molecule has 0 atom stereocenters. The Kier molecular flexibility index (Phi) is 5.44. The molecule has 1 aromatic rings. The summed E-state index contributed by atoms with van der Waals surface area (Å²) in [4.78, 5) is 12.0. The van der Waals surface area contributed by atoms with Gasteiger partial charge >= 0.3 is 0 Å². The van der Waals surface area contributed by atoms with Crippen LogP contribution in [0.4, 0.5) is 0 Å². The van der Waals surface area contributed by atoms with Crippen LogP contribution in [0.5, 0.6) is 0 Å². The zero-order chi connectivity index (χ0) is 14.4. The molecule has 0 bridgehead atoms. The van der Waals surface area contributed by atoms with Gasteiger partial charge in [-0.3, -0.25) is 4.79 Å². The van der Waals surface area contributed by atoms with Gasteiger partial charge in [0.15, 0.2) is 0 Å². The maximum atomic E-state index is 12.0. The van der Waals surface area contributed by atoms with Gasteiger partial charge in [0.05, 0.1) is 5.54 Å². The predicted octanol–water partition coefficient (Wildman–Crippen LogP) is 3.35.